The highest BCUT2D eigenvalue weighted by Crippen LogP contribution is 2.33. The summed E-state index contributed by atoms with van der Waals surface area (Å²) < 4.78 is 0. The highest BCUT2D eigenvalue weighted by molar-refractivity contribution is 4.77. The Morgan fingerprint density at radius 2 is 1.43 bits per heavy atom. The second kappa shape index (κ2) is 5.72. The molecule has 84 valence electrons. The molecule has 4 N–H and O–H groups in total. The molecule has 0 bridgehead atoms. The molecule has 0 aliphatic heterocycles. The minimum Gasteiger partial charge on any atom is -0.328 e. The molecule has 0 aromatic rings. The Labute approximate surface area is 88.4 Å². The third-order valence-corrected chi connectivity index (χ3v) is 3.30. The van der Waals surface area contributed by atoms with E-state index in [0.29, 0.717) is 12.1 Å². The summed E-state index contributed by atoms with van der Waals surface area (Å²) >= 11 is 0. The molecule has 14 heavy (non-hydrogen) atoms. The normalized spacial score (nSPS) is 32.6. The SMILES string of the molecule is CC(N)CC1CCCC(CC(C)N)C1. The first-order valence-corrected chi connectivity index (χ1v) is 6.09. The van der Waals surface area contributed by atoms with Crippen molar-refractivity contribution in [3.63, 3.8) is 0 Å². The quantitative estimate of drug-likeness (QED) is 0.728. The minimum absolute atomic E-state index is 0.369. The van der Waals surface area contributed by atoms with Crippen molar-refractivity contribution in [1.29, 1.82) is 0 Å². The average molecular weight is 198 g/mol. The monoisotopic (exact) mass is 198 g/mol. The van der Waals surface area contributed by atoms with Crippen molar-refractivity contribution in [3.05, 3.63) is 0 Å². The van der Waals surface area contributed by atoms with Crippen LogP contribution in [0.4, 0.5) is 0 Å². The van der Waals surface area contributed by atoms with E-state index in [1.807, 2.05) is 0 Å². The van der Waals surface area contributed by atoms with Gasteiger partial charge in [-0.2, -0.15) is 0 Å². The van der Waals surface area contributed by atoms with E-state index >= 15 is 0 Å². The van der Waals surface area contributed by atoms with Crippen LogP contribution in [0.2, 0.25) is 0 Å². The zero-order valence-corrected chi connectivity index (χ0v) is 9.71. The van der Waals surface area contributed by atoms with E-state index in [1.165, 1.54) is 38.5 Å². The second-order valence-corrected chi connectivity index (χ2v) is 5.32. The maximum Gasteiger partial charge on any atom is 0.00131 e. The summed E-state index contributed by atoms with van der Waals surface area (Å²) in [4.78, 5) is 0. The van der Waals surface area contributed by atoms with Crippen LogP contribution in [0.1, 0.15) is 52.4 Å². The lowest BCUT2D eigenvalue weighted by Gasteiger charge is -2.31. The second-order valence-electron chi connectivity index (χ2n) is 5.32. The average Bonchev–Trinajstić information content (AvgIpc) is 2.01. The fourth-order valence-electron chi connectivity index (χ4n) is 2.88. The summed E-state index contributed by atoms with van der Waals surface area (Å²) in [5, 5.41) is 0. The molecule has 0 saturated heterocycles. The lowest BCUT2D eigenvalue weighted by Crippen LogP contribution is -2.27. The highest BCUT2D eigenvalue weighted by Gasteiger charge is 2.23. The van der Waals surface area contributed by atoms with Gasteiger partial charge in [-0.3, -0.25) is 0 Å². The van der Waals surface area contributed by atoms with Gasteiger partial charge in [0.1, 0.15) is 0 Å². The van der Waals surface area contributed by atoms with E-state index in [1.54, 1.807) is 0 Å². The molecule has 0 amide bonds. The molecule has 4 atom stereocenters. The highest BCUT2D eigenvalue weighted by atomic mass is 14.6. The van der Waals surface area contributed by atoms with Gasteiger partial charge in [0, 0.05) is 12.1 Å². The van der Waals surface area contributed by atoms with Crippen LogP contribution >= 0.6 is 0 Å². The van der Waals surface area contributed by atoms with Crippen LogP contribution in [-0.4, -0.2) is 12.1 Å². The lowest BCUT2D eigenvalue weighted by molar-refractivity contribution is 0.229. The van der Waals surface area contributed by atoms with E-state index in [4.69, 9.17) is 11.5 Å². The zero-order valence-electron chi connectivity index (χ0n) is 9.71. The first-order chi connectivity index (χ1) is 6.58. The van der Waals surface area contributed by atoms with Gasteiger partial charge in [0.05, 0.1) is 0 Å². The van der Waals surface area contributed by atoms with Crippen molar-refractivity contribution in [1.82, 2.24) is 0 Å². The topological polar surface area (TPSA) is 52.0 Å². The van der Waals surface area contributed by atoms with Gasteiger partial charge < -0.3 is 11.5 Å². The molecule has 0 aromatic heterocycles. The van der Waals surface area contributed by atoms with Gasteiger partial charge in [-0.1, -0.05) is 19.3 Å². The molecule has 0 aromatic carbocycles. The smallest absolute Gasteiger partial charge is 0.00131 e. The molecular weight excluding hydrogens is 172 g/mol. The van der Waals surface area contributed by atoms with Gasteiger partial charge in [-0.25, -0.2) is 0 Å². The summed E-state index contributed by atoms with van der Waals surface area (Å²) in [6.07, 6.45) is 7.93. The van der Waals surface area contributed by atoms with Crippen LogP contribution in [0, 0.1) is 11.8 Å². The zero-order chi connectivity index (χ0) is 10.6. The first-order valence-electron chi connectivity index (χ1n) is 6.09. The molecule has 1 rings (SSSR count). The molecule has 4 unspecified atom stereocenters. The van der Waals surface area contributed by atoms with Crippen LogP contribution in [0.3, 0.4) is 0 Å². The van der Waals surface area contributed by atoms with E-state index in [0.717, 1.165) is 11.8 Å². The Morgan fingerprint density at radius 1 is 1.00 bits per heavy atom. The maximum absolute atomic E-state index is 5.85. The third-order valence-electron chi connectivity index (χ3n) is 3.30. The molecule has 1 aliphatic rings. The van der Waals surface area contributed by atoms with Crippen molar-refractivity contribution >= 4 is 0 Å². The summed E-state index contributed by atoms with van der Waals surface area (Å²) in [6, 6.07) is 0.739. The molecule has 0 spiro atoms. The Kier molecular flexibility index (Phi) is 4.90. The van der Waals surface area contributed by atoms with Gasteiger partial charge in [0.2, 0.25) is 0 Å². The van der Waals surface area contributed by atoms with Crippen molar-refractivity contribution < 1.29 is 0 Å². The van der Waals surface area contributed by atoms with Gasteiger partial charge in [0.25, 0.3) is 0 Å². The fraction of sp³-hybridized carbons (Fsp3) is 1.00. The van der Waals surface area contributed by atoms with E-state index < -0.39 is 0 Å². The van der Waals surface area contributed by atoms with Crippen LogP contribution in [0.15, 0.2) is 0 Å². The third kappa shape index (κ3) is 4.43. The van der Waals surface area contributed by atoms with Gasteiger partial charge in [0.15, 0.2) is 0 Å². The molecule has 0 heterocycles. The standard InChI is InChI=1S/C12H26N2/c1-9(13)6-11-4-3-5-12(8-11)7-10(2)14/h9-12H,3-8,13-14H2,1-2H3. The molecule has 1 aliphatic carbocycles. The van der Waals surface area contributed by atoms with Crippen LogP contribution in [0.25, 0.3) is 0 Å². The summed E-state index contributed by atoms with van der Waals surface area (Å²) in [5.74, 6) is 1.74. The number of nitrogens with two attached hydrogens (primary N) is 2. The van der Waals surface area contributed by atoms with Crippen molar-refractivity contribution in [3.8, 4) is 0 Å². The van der Waals surface area contributed by atoms with Crippen molar-refractivity contribution in [2.45, 2.75) is 64.5 Å². The largest absolute Gasteiger partial charge is 0.328 e. The van der Waals surface area contributed by atoms with E-state index in [2.05, 4.69) is 13.8 Å². The van der Waals surface area contributed by atoms with Crippen LogP contribution in [0.5, 0.6) is 0 Å². The van der Waals surface area contributed by atoms with Crippen molar-refractivity contribution in [2.75, 3.05) is 0 Å². The fourth-order valence-corrected chi connectivity index (χ4v) is 2.88. The number of hydrogen-bond acceptors (Lipinski definition) is 2. The molecule has 1 saturated carbocycles. The molecule has 0 radical (unpaired) electrons. The van der Waals surface area contributed by atoms with Gasteiger partial charge in [-0.15, -0.1) is 0 Å². The maximum atomic E-state index is 5.85. The summed E-state index contributed by atoms with van der Waals surface area (Å²) in [6.45, 7) is 4.24. The molecule has 1 fully saturated rings. The first kappa shape index (κ1) is 12.0. The Morgan fingerprint density at radius 3 is 1.79 bits per heavy atom. The predicted octanol–water partition coefficient (Wildman–Crippen LogP) is 2.27. The molecular formula is C12H26N2. The molecule has 2 heteroatoms. The van der Waals surface area contributed by atoms with Gasteiger partial charge in [-0.05, 0) is 44.9 Å². The minimum atomic E-state index is 0.369. The van der Waals surface area contributed by atoms with E-state index in [-0.39, 0.29) is 0 Å². The van der Waals surface area contributed by atoms with Crippen LogP contribution < -0.4 is 11.5 Å². The van der Waals surface area contributed by atoms with E-state index in [9.17, 15) is 0 Å². The van der Waals surface area contributed by atoms with Gasteiger partial charge >= 0.3 is 0 Å². The Bertz CT molecular complexity index is 138. The summed E-state index contributed by atoms with van der Waals surface area (Å²) in [7, 11) is 0. The number of hydrogen-bond donors (Lipinski definition) is 2. The Hall–Kier alpha value is -0.0800. The van der Waals surface area contributed by atoms with Crippen LogP contribution in [-0.2, 0) is 0 Å². The Balaban J connectivity index is 2.28. The lowest BCUT2D eigenvalue weighted by atomic mass is 9.76. The number of rotatable bonds is 4. The predicted molar refractivity (Wildman–Crippen MR) is 62.0 cm³/mol. The summed E-state index contributed by atoms with van der Waals surface area (Å²) in [5.41, 5.74) is 11.7. The van der Waals surface area contributed by atoms with Crippen molar-refractivity contribution in [2.24, 2.45) is 23.3 Å². The molecule has 2 nitrogen and oxygen atoms in total.